The Morgan fingerprint density at radius 2 is 2.14 bits per heavy atom. The number of hydrogen-bond donors (Lipinski definition) is 0. The summed E-state index contributed by atoms with van der Waals surface area (Å²) in [5.74, 6) is 0. The molecule has 0 bridgehead atoms. The summed E-state index contributed by atoms with van der Waals surface area (Å²) >= 11 is 10.3. The summed E-state index contributed by atoms with van der Waals surface area (Å²) in [6.07, 6.45) is -5.20. The lowest BCUT2D eigenvalue weighted by atomic mass is 10.1. The van der Waals surface area contributed by atoms with E-state index in [0.29, 0.717) is 5.56 Å². The highest BCUT2D eigenvalue weighted by atomic mass is 79.9. The fraction of sp³-hybridized carbons (Fsp3) is 0.500. The molecule has 1 heterocycles. The van der Waals surface area contributed by atoms with Crippen molar-refractivity contribution in [3.8, 4) is 0 Å². The van der Waals surface area contributed by atoms with Crippen LogP contribution < -0.4 is 0 Å². The lowest BCUT2D eigenvalue weighted by Gasteiger charge is -2.11. The molecule has 1 aromatic heterocycles. The van der Waals surface area contributed by atoms with E-state index in [4.69, 9.17) is 11.6 Å². The lowest BCUT2D eigenvalue weighted by Crippen LogP contribution is -2.10. The first-order chi connectivity index (χ1) is 6.29. The molecule has 14 heavy (non-hydrogen) atoms. The van der Waals surface area contributed by atoms with Gasteiger partial charge in [-0.25, -0.2) is 0 Å². The Morgan fingerprint density at radius 3 is 2.50 bits per heavy atom. The molecule has 80 valence electrons. The second kappa shape index (κ2) is 4.41. The van der Waals surface area contributed by atoms with E-state index in [1.807, 2.05) is 0 Å². The van der Waals surface area contributed by atoms with E-state index >= 15 is 0 Å². The van der Waals surface area contributed by atoms with Crippen LogP contribution in [0, 0.1) is 6.92 Å². The highest BCUT2D eigenvalue weighted by Crippen LogP contribution is 2.39. The third-order valence-corrected chi connectivity index (χ3v) is 3.63. The normalized spacial score (nSPS) is 14.4. The summed E-state index contributed by atoms with van der Waals surface area (Å²) in [7, 11) is 0. The summed E-state index contributed by atoms with van der Waals surface area (Å²) in [5.41, 5.74) is 0.556. The minimum absolute atomic E-state index is 0.556. The van der Waals surface area contributed by atoms with Crippen LogP contribution in [-0.4, -0.2) is 6.18 Å². The van der Waals surface area contributed by atoms with Gasteiger partial charge in [0.15, 0.2) is 0 Å². The molecule has 0 aliphatic carbocycles. The maximum Gasteiger partial charge on any atom is 0.390 e. The molecule has 1 atom stereocenters. The summed E-state index contributed by atoms with van der Waals surface area (Å²) in [6, 6.07) is 1.64. The van der Waals surface area contributed by atoms with Gasteiger partial charge in [0, 0.05) is 4.88 Å². The molecule has 1 rings (SSSR count). The summed E-state index contributed by atoms with van der Waals surface area (Å²) in [4.78, 5) is 0.820. The Morgan fingerprint density at radius 1 is 1.57 bits per heavy atom. The second-order valence-electron chi connectivity index (χ2n) is 2.85. The van der Waals surface area contributed by atoms with E-state index in [0.717, 1.165) is 8.66 Å². The lowest BCUT2D eigenvalue weighted by molar-refractivity contribution is -0.134. The van der Waals surface area contributed by atoms with E-state index < -0.39 is 18.0 Å². The fourth-order valence-electron chi connectivity index (χ4n) is 1.08. The van der Waals surface area contributed by atoms with E-state index in [1.54, 1.807) is 13.0 Å². The molecule has 0 radical (unpaired) electrons. The number of rotatable bonds is 2. The minimum atomic E-state index is -4.22. The van der Waals surface area contributed by atoms with Crippen molar-refractivity contribution in [1.29, 1.82) is 0 Å². The van der Waals surface area contributed by atoms with Crippen molar-refractivity contribution < 1.29 is 13.2 Å². The largest absolute Gasteiger partial charge is 0.390 e. The molecule has 0 aromatic carbocycles. The quantitative estimate of drug-likeness (QED) is 0.671. The molecule has 0 N–H and O–H groups in total. The van der Waals surface area contributed by atoms with Gasteiger partial charge in [0.2, 0.25) is 0 Å². The van der Waals surface area contributed by atoms with Crippen molar-refractivity contribution in [2.75, 3.05) is 0 Å². The van der Waals surface area contributed by atoms with Crippen LogP contribution in [0.3, 0.4) is 0 Å². The van der Waals surface area contributed by atoms with Crippen molar-refractivity contribution in [3.05, 3.63) is 20.3 Å². The average molecular weight is 308 g/mol. The predicted molar refractivity (Wildman–Crippen MR) is 56.0 cm³/mol. The van der Waals surface area contributed by atoms with E-state index in [1.165, 1.54) is 11.3 Å². The summed E-state index contributed by atoms with van der Waals surface area (Å²) < 4.78 is 36.9. The summed E-state index contributed by atoms with van der Waals surface area (Å²) in [5, 5.41) is -0.988. The molecule has 0 aliphatic heterocycles. The van der Waals surface area contributed by atoms with Crippen LogP contribution in [0.15, 0.2) is 9.85 Å². The first-order valence-electron chi connectivity index (χ1n) is 3.76. The Kier molecular flexibility index (Phi) is 3.88. The van der Waals surface area contributed by atoms with Crippen LogP contribution >= 0.6 is 38.9 Å². The van der Waals surface area contributed by atoms with E-state index in [-0.39, 0.29) is 0 Å². The highest BCUT2D eigenvalue weighted by Gasteiger charge is 2.32. The number of hydrogen-bond acceptors (Lipinski definition) is 1. The molecular weight excluding hydrogens is 301 g/mol. The summed E-state index contributed by atoms with van der Waals surface area (Å²) in [6.45, 7) is 1.76. The zero-order chi connectivity index (χ0) is 10.9. The predicted octanol–water partition coefficient (Wildman–Crippen LogP) is 5.05. The Hall–Kier alpha value is 0.260. The number of alkyl halides is 4. The van der Waals surface area contributed by atoms with Crippen molar-refractivity contribution >= 4 is 38.9 Å². The Balaban J connectivity index is 2.79. The van der Waals surface area contributed by atoms with Gasteiger partial charge < -0.3 is 0 Å². The number of thiophene rings is 1. The van der Waals surface area contributed by atoms with Gasteiger partial charge in [0.1, 0.15) is 0 Å². The van der Waals surface area contributed by atoms with Crippen molar-refractivity contribution in [2.24, 2.45) is 0 Å². The van der Waals surface area contributed by atoms with Gasteiger partial charge >= 0.3 is 6.18 Å². The molecule has 0 saturated heterocycles. The van der Waals surface area contributed by atoms with Crippen molar-refractivity contribution in [1.82, 2.24) is 0 Å². The van der Waals surface area contributed by atoms with E-state index in [9.17, 15) is 13.2 Å². The molecule has 0 spiro atoms. The third-order valence-electron chi connectivity index (χ3n) is 1.67. The minimum Gasteiger partial charge on any atom is -0.171 e. The number of aryl methyl sites for hydroxylation is 1. The average Bonchev–Trinajstić information content (AvgIpc) is 2.26. The maximum absolute atomic E-state index is 12.0. The molecule has 0 nitrogen and oxygen atoms in total. The zero-order valence-corrected chi connectivity index (χ0v) is 10.3. The van der Waals surface area contributed by atoms with Crippen LogP contribution in [0.2, 0.25) is 0 Å². The van der Waals surface area contributed by atoms with E-state index in [2.05, 4.69) is 15.9 Å². The molecule has 1 aromatic rings. The van der Waals surface area contributed by atoms with Gasteiger partial charge in [-0.15, -0.1) is 22.9 Å². The van der Waals surface area contributed by atoms with Crippen LogP contribution in [0.25, 0.3) is 0 Å². The monoisotopic (exact) mass is 306 g/mol. The van der Waals surface area contributed by atoms with Crippen molar-refractivity contribution in [3.63, 3.8) is 0 Å². The van der Waals surface area contributed by atoms with Gasteiger partial charge in [0.05, 0.1) is 15.6 Å². The topological polar surface area (TPSA) is 0 Å². The van der Waals surface area contributed by atoms with Gasteiger partial charge in [-0.3, -0.25) is 0 Å². The molecule has 6 heteroatoms. The molecular formula is C8H7BrClF3S. The second-order valence-corrected chi connectivity index (χ2v) is 6.01. The molecule has 0 aliphatic rings. The third kappa shape index (κ3) is 3.44. The van der Waals surface area contributed by atoms with Crippen LogP contribution in [0.5, 0.6) is 0 Å². The fourth-order valence-corrected chi connectivity index (χ4v) is 3.32. The van der Waals surface area contributed by atoms with Gasteiger partial charge in [-0.05, 0) is 34.5 Å². The highest BCUT2D eigenvalue weighted by molar-refractivity contribution is 9.11. The Bertz CT molecular complexity index is 321. The zero-order valence-electron chi connectivity index (χ0n) is 7.16. The van der Waals surface area contributed by atoms with Crippen LogP contribution in [0.4, 0.5) is 13.2 Å². The maximum atomic E-state index is 12.0. The molecule has 0 amide bonds. The van der Waals surface area contributed by atoms with Gasteiger partial charge in [-0.1, -0.05) is 0 Å². The van der Waals surface area contributed by atoms with Gasteiger partial charge in [-0.2, -0.15) is 13.2 Å². The molecule has 1 unspecified atom stereocenters. The smallest absolute Gasteiger partial charge is 0.171 e. The van der Waals surface area contributed by atoms with Gasteiger partial charge in [0.25, 0.3) is 0 Å². The molecule has 0 fully saturated rings. The first kappa shape index (κ1) is 12.3. The SMILES string of the molecule is Cc1sc(Br)cc1C(Cl)CC(F)(F)F. The Labute approximate surface area is 97.2 Å². The standard InChI is InChI=1S/C8H7BrClF3S/c1-4-5(2-7(9)14-4)6(10)3-8(11,12)13/h2,6H,3H2,1H3. The van der Waals surface area contributed by atoms with Crippen LogP contribution in [0.1, 0.15) is 22.2 Å². The van der Waals surface area contributed by atoms with Crippen LogP contribution in [-0.2, 0) is 0 Å². The van der Waals surface area contributed by atoms with Crippen molar-refractivity contribution in [2.45, 2.75) is 24.9 Å². The first-order valence-corrected chi connectivity index (χ1v) is 5.81. The number of halogens is 5. The molecule has 0 saturated carbocycles.